The first-order valence-corrected chi connectivity index (χ1v) is 8.74. The van der Waals surface area contributed by atoms with Gasteiger partial charge in [0.05, 0.1) is 6.61 Å². The SMILES string of the molecule is CCOC(=O)NCCC(=O)N1CCCN(Cc2ccccc2F)CC1. The number of amides is 2. The van der Waals surface area contributed by atoms with E-state index in [1.54, 1.807) is 19.1 Å². The van der Waals surface area contributed by atoms with Crippen LogP contribution in [0.5, 0.6) is 0 Å². The standard InChI is InChI=1S/C18H26FN3O3/c1-2-25-18(24)20-9-8-17(23)22-11-5-10-21(12-13-22)14-15-6-3-4-7-16(15)19/h3-4,6-7H,2,5,8-14H2,1H3,(H,20,24). The molecule has 1 aliphatic heterocycles. The highest BCUT2D eigenvalue weighted by molar-refractivity contribution is 5.77. The molecule has 6 nitrogen and oxygen atoms in total. The number of benzene rings is 1. The molecule has 1 aliphatic rings. The van der Waals surface area contributed by atoms with Gasteiger partial charge >= 0.3 is 6.09 Å². The first-order valence-electron chi connectivity index (χ1n) is 8.74. The molecule has 0 aliphatic carbocycles. The smallest absolute Gasteiger partial charge is 0.407 e. The summed E-state index contributed by atoms with van der Waals surface area (Å²) in [4.78, 5) is 27.5. The Kier molecular flexibility index (Phi) is 7.66. The molecule has 0 unspecified atom stereocenters. The Hall–Kier alpha value is -2.15. The summed E-state index contributed by atoms with van der Waals surface area (Å²) in [5.41, 5.74) is 0.681. The van der Waals surface area contributed by atoms with Crippen LogP contribution in [0.2, 0.25) is 0 Å². The van der Waals surface area contributed by atoms with Gasteiger partial charge in [0.1, 0.15) is 5.82 Å². The number of ether oxygens (including phenoxy) is 1. The van der Waals surface area contributed by atoms with Crippen LogP contribution < -0.4 is 5.32 Å². The lowest BCUT2D eigenvalue weighted by Crippen LogP contribution is -2.37. The van der Waals surface area contributed by atoms with E-state index in [1.807, 2.05) is 11.0 Å². The minimum absolute atomic E-state index is 0.0181. The van der Waals surface area contributed by atoms with E-state index in [0.717, 1.165) is 13.0 Å². The number of hydrogen-bond donors (Lipinski definition) is 1. The molecule has 7 heteroatoms. The van der Waals surface area contributed by atoms with Crippen LogP contribution in [0.1, 0.15) is 25.3 Å². The van der Waals surface area contributed by atoms with Crippen molar-refractivity contribution in [1.82, 2.24) is 15.1 Å². The van der Waals surface area contributed by atoms with E-state index in [4.69, 9.17) is 4.74 Å². The van der Waals surface area contributed by atoms with Gasteiger partial charge in [0, 0.05) is 51.3 Å². The number of carbonyl (C=O) groups excluding carboxylic acids is 2. The molecule has 0 bridgehead atoms. The average Bonchev–Trinajstić information content (AvgIpc) is 2.83. The first-order chi connectivity index (χ1) is 12.1. The predicted octanol–water partition coefficient (Wildman–Crippen LogP) is 2.00. The number of carbonyl (C=O) groups is 2. The van der Waals surface area contributed by atoms with E-state index in [9.17, 15) is 14.0 Å². The number of halogens is 1. The van der Waals surface area contributed by atoms with E-state index < -0.39 is 6.09 Å². The van der Waals surface area contributed by atoms with Crippen molar-refractivity contribution in [3.8, 4) is 0 Å². The number of alkyl carbamates (subject to hydrolysis) is 1. The van der Waals surface area contributed by atoms with Gasteiger partial charge in [-0.25, -0.2) is 9.18 Å². The van der Waals surface area contributed by atoms with Gasteiger partial charge < -0.3 is 15.0 Å². The molecule has 1 aromatic carbocycles. The van der Waals surface area contributed by atoms with Crippen molar-refractivity contribution in [3.05, 3.63) is 35.6 Å². The normalized spacial score (nSPS) is 15.5. The van der Waals surface area contributed by atoms with Gasteiger partial charge in [-0.3, -0.25) is 9.69 Å². The van der Waals surface area contributed by atoms with Gasteiger partial charge in [0.2, 0.25) is 5.91 Å². The predicted molar refractivity (Wildman–Crippen MR) is 92.5 cm³/mol. The van der Waals surface area contributed by atoms with Crippen LogP contribution in [-0.4, -0.2) is 61.1 Å². The highest BCUT2D eigenvalue weighted by Gasteiger charge is 2.19. The zero-order valence-electron chi connectivity index (χ0n) is 14.7. The second-order valence-corrected chi connectivity index (χ2v) is 6.00. The van der Waals surface area contributed by atoms with Crippen LogP contribution in [0.15, 0.2) is 24.3 Å². The number of hydrogen-bond acceptors (Lipinski definition) is 4. The second kappa shape index (κ2) is 9.98. The summed E-state index contributed by atoms with van der Waals surface area (Å²) in [5.74, 6) is -0.172. The molecule has 25 heavy (non-hydrogen) atoms. The molecular formula is C18H26FN3O3. The van der Waals surface area contributed by atoms with E-state index in [1.165, 1.54) is 6.07 Å². The summed E-state index contributed by atoms with van der Waals surface area (Å²) in [6.45, 7) is 5.72. The van der Waals surface area contributed by atoms with E-state index in [0.29, 0.717) is 38.3 Å². The number of rotatable bonds is 6. The molecule has 2 rings (SSSR count). The van der Waals surface area contributed by atoms with Crippen molar-refractivity contribution in [1.29, 1.82) is 0 Å². The Bertz CT molecular complexity index is 582. The van der Waals surface area contributed by atoms with Gasteiger partial charge in [0.25, 0.3) is 0 Å². The molecule has 0 aromatic heterocycles. The maximum absolute atomic E-state index is 13.8. The Morgan fingerprint density at radius 1 is 1.20 bits per heavy atom. The lowest BCUT2D eigenvalue weighted by Gasteiger charge is -2.22. The van der Waals surface area contributed by atoms with E-state index in [-0.39, 0.29) is 24.7 Å². The van der Waals surface area contributed by atoms with Crippen molar-refractivity contribution in [3.63, 3.8) is 0 Å². The third-order valence-corrected chi connectivity index (χ3v) is 4.18. The number of nitrogens with zero attached hydrogens (tertiary/aromatic N) is 2. The fourth-order valence-electron chi connectivity index (χ4n) is 2.86. The van der Waals surface area contributed by atoms with Crippen molar-refractivity contribution >= 4 is 12.0 Å². The second-order valence-electron chi connectivity index (χ2n) is 6.00. The molecule has 1 N–H and O–H groups in total. The van der Waals surface area contributed by atoms with Gasteiger partial charge in [-0.15, -0.1) is 0 Å². The molecule has 1 saturated heterocycles. The molecule has 0 saturated carbocycles. The lowest BCUT2D eigenvalue weighted by atomic mass is 10.2. The maximum Gasteiger partial charge on any atom is 0.407 e. The largest absolute Gasteiger partial charge is 0.450 e. The monoisotopic (exact) mass is 351 g/mol. The molecule has 138 valence electrons. The van der Waals surface area contributed by atoms with Gasteiger partial charge in [-0.1, -0.05) is 18.2 Å². The van der Waals surface area contributed by atoms with Crippen molar-refractivity contribution in [2.75, 3.05) is 39.3 Å². The Morgan fingerprint density at radius 2 is 2.00 bits per heavy atom. The van der Waals surface area contributed by atoms with Crippen LogP contribution in [0.3, 0.4) is 0 Å². The highest BCUT2D eigenvalue weighted by Crippen LogP contribution is 2.12. The lowest BCUT2D eigenvalue weighted by molar-refractivity contribution is -0.130. The van der Waals surface area contributed by atoms with Crippen LogP contribution in [-0.2, 0) is 16.1 Å². The Labute approximate surface area is 147 Å². The molecular weight excluding hydrogens is 325 g/mol. The quantitative estimate of drug-likeness (QED) is 0.852. The van der Waals surface area contributed by atoms with Gasteiger partial charge in [-0.2, -0.15) is 0 Å². The summed E-state index contributed by atoms with van der Waals surface area (Å²) in [6.07, 6.45) is 0.611. The fourth-order valence-corrected chi connectivity index (χ4v) is 2.86. The summed E-state index contributed by atoms with van der Waals surface area (Å²) < 4.78 is 18.5. The Morgan fingerprint density at radius 3 is 2.76 bits per heavy atom. The van der Waals surface area contributed by atoms with Gasteiger partial charge in [-0.05, 0) is 19.4 Å². The summed E-state index contributed by atoms with van der Waals surface area (Å²) in [5, 5.41) is 2.56. The molecule has 0 radical (unpaired) electrons. The summed E-state index contributed by atoms with van der Waals surface area (Å²) >= 11 is 0. The molecule has 0 atom stereocenters. The van der Waals surface area contributed by atoms with E-state index in [2.05, 4.69) is 10.2 Å². The Balaban J connectivity index is 1.75. The van der Waals surface area contributed by atoms with Crippen LogP contribution in [0.25, 0.3) is 0 Å². The molecule has 2 amide bonds. The zero-order valence-corrected chi connectivity index (χ0v) is 14.7. The van der Waals surface area contributed by atoms with Crippen LogP contribution in [0, 0.1) is 5.82 Å². The summed E-state index contributed by atoms with van der Waals surface area (Å²) in [6, 6.07) is 6.79. The molecule has 1 heterocycles. The van der Waals surface area contributed by atoms with Crippen LogP contribution >= 0.6 is 0 Å². The maximum atomic E-state index is 13.8. The highest BCUT2D eigenvalue weighted by atomic mass is 19.1. The summed E-state index contributed by atoms with van der Waals surface area (Å²) in [7, 11) is 0. The number of nitrogens with one attached hydrogen (secondary N) is 1. The molecule has 0 spiro atoms. The fraction of sp³-hybridized carbons (Fsp3) is 0.556. The molecule has 1 fully saturated rings. The van der Waals surface area contributed by atoms with Gasteiger partial charge in [0.15, 0.2) is 0 Å². The molecule has 1 aromatic rings. The topological polar surface area (TPSA) is 61.9 Å². The first kappa shape index (κ1) is 19.2. The average molecular weight is 351 g/mol. The van der Waals surface area contributed by atoms with Crippen molar-refractivity contribution < 1.29 is 18.7 Å². The van der Waals surface area contributed by atoms with E-state index >= 15 is 0 Å². The van der Waals surface area contributed by atoms with Crippen molar-refractivity contribution in [2.45, 2.75) is 26.3 Å². The third kappa shape index (κ3) is 6.34. The van der Waals surface area contributed by atoms with Crippen molar-refractivity contribution in [2.24, 2.45) is 0 Å². The minimum Gasteiger partial charge on any atom is -0.450 e. The third-order valence-electron chi connectivity index (χ3n) is 4.18. The van der Waals surface area contributed by atoms with Crippen LogP contribution in [0.4, 0.5) is 9.18 Å². The zero-order chi connectivity index (χ0) is 18.1. The minimum atomic E-state index is -0.498.